The summed E-state index contributed by atoms with van der Waals surface area (Å²) in [4.78, 5) is 38.6. The van der Waals surface area contributed by atoms with Crippen molar-refractivity contribution < 1.29 is 43.9 Å². The Hall–Kier alpha value is -2.89. The molecule has 2 fully saturated rings. The second-order valence-corrected chi connectivity index (χ2v) is 11.5. The third-order valence-electron chi connectivity index (χ3n) is 5.67. The predicted octanol–water partition coefficient (Wildman–Crippen LogP) is 2.56. The van der Waals surface area contributed by atoms with Crippen molar-refractivity contribution in [3.05, 3.63) is 35.9 Å². The number of ether oxygens (including phenoxy) is 3. The number of rotatable bonds is 4. The number of aliphatic hydroxyl groups excluding tert-OH is 3. The van der Waals surface area contributed by atoms with Crippen LogP contribution in [0.5, 0.6) is 0 Å². The van der Waals surface area contributed by atoms with Crippen molar-refractivity contribution in [3.63, 3.8) is 0 Å². The van der Waals surface area contributed by atoms with E-state index in [1.165, 1.54) is 9.80 Å². The molecular formula is C27H42N2O9. The van der Waals surface area contributed by atoms with Crippen LogP contribution in [0, 0.1) is 0 Å². The number of likely N-dealkylation sites (tertiary alicyclic amines) is 2. The first-order valence-electron chi connectivity index (χ1n) is 12.8. The van der Waals surface area contributed by atoms with Crippen molar-refractivity contribution in [3.8, 4) is 0 Å². The maximum atomic E-state index is 12.2. The summed E-state index contributed by atoms with van der Waals surface area (Å²) in [5.74, 6) is -0.448. The van der Waals surface area contributed by atoms with E-state index in [9.17, 15) is 24.6 Å². The molecule has 4 atom stereocenters. The summed E-state index contributed by atoms with van der Waals surface area (Å²) in [6.45, 7) is 11.0. The first kappa shape index (κ1) is 31.3. The van der Waals surface area contributed by atoms with Crippen molar-refractivity contribution in [1.29, 1.82) is 0 Å². The fraction of sp³-hybridized carbons (Fsp3) is 0.667. The number of nitrogens with zero attached hydrogens (tertiary/aromatic N) is 2. The van der Waals surface area contributed by atoms with Crippen molar-refractivity contribution in [1.82, 2.24) is 9.80 Å². The van der Waals surface area contributed by atoms with Gasteiger partial charge in [0.1, 0.15) is 17.8 Å². The van der Waals surface area contributed by atoms with Crippen LogP contribution in [0.4, 0.5) is 9.59 Å². The minimum Gasteiger partial charge on any atom is -0.460 e. The van der Waals surface area contributed by atoms with Crippen LogP contribution in [0.3, 0.4) is 0 Å². The van der Waals surface area contributed by atoms with E-state index in [1.807, 2.05) is 6.07 Å². The third-order valence-corrected chi connectivity index (χ3v) is 5.67. The summed E-state index contributed by atoms with van der Waals surface area (Å²) in [5.41, 5.74) is -0.713. The molecule has 0 unspecified atom stereocenters. The SMILES string of the molecule is CC(C)(C)OC(=O)N1C[C@H](O)C[C@@H]1CO.CC(C)(C)OC(=O)N1C[C@H](O)C[C@@H]1COC(=O)c1ccccc1. The summed E-state index contributed by atoms with van der Waals surface area (Å²) in [7, 11) is 0. The number of benzene rings is 1. The summed E-state index contributed by atoms with van der Waals surface area (Å²) in [6.07, 6.45) is -1.40. The fourth-order valence-electron chi connectivity index (χ4n) is 4.03. The third kappa shape index (κ3) is 10.1. The minimum atomic E-state index is -0.636. The zero-order chi connectivity index (χ0) is 28.7. The minimum absolute atomic E-state index is 0.0318. The predicted molar refractivity (Wildman–Crippen MR) is 139 cm³/mol. The van der Waals surface area contributed by atoms with E-state index >= 15 is 0 Å². The van der Waals surface area contributed by atoms with Gasteiger partial charge in [0.25, 0.3) is 0 Å². The molecule has 0 aromatic heterocycles. The molecule has 0 spiro atoms. The maximum absolute atomic E-state index is 12.2. The molecule has 1 aromatic carbocycles. The number of carbonyl (C=O) groups excluding carboxylic acids is 3. The van der Waals surface area contributed by atoms with Crippen LogP contribution in [0.1, 0.15) is 64.7 Å². The Morgan fingerprint density at radius 3 is 1.71 bits per heavy atom. The summed E-state index contributed by atoms with van der Waals surface area (Å²) in [6, 6.07) is 7.94. The smallest absolute Gasteiger partial charge is 0.410 e. The largest absolute Gasteiger partial charge is 0.460 e. The highest BCUT2D eigenvalue weighted by Gasteiger charge is 2.38. The number of hydrogen-bond donors (Lipinski definition) is 3. The number of amides is 2. The molecule has 0 radical (unpaired) electrons. The zero-order valence-corrected chi connectivity index (χ0v) is 23.1. The van der Waals surface area contributed by atoms with Gasteiger partial charge in [-0.15, -0.1) is 0 Å². The highest BCUT2D eigenvalue weighted by molar-refractivity contribution is 5.89. The Morgan fingerprint density at radius 2 is 1.26 bits per heavy atom. The molecular weight excluding hydrogens is 496 g/mol. The summed E-state index contributed by atoms with van der Waals surface area (Å²) in [5, 5.41) is 28.2. The van der Waals surface area contributed by atoms with E-state index in [2.05, 4.69) is 0 Å². The van der Waals surface area contributed by atoms with Crippen molar-refractivity contribution >= 4 is 18.2 Å². The number of hydrogen-bond acceptors (Lipinski definition) is 9. The van der Waals surface area contributed by atoms with E-state index in [4.69, 9.17) is 19.3 Å². The average Bonchev–Trinajstić information content (AvgIpc) is 3.38. The molecule has 3 rings (SSSR count). The molecule has 1 aromatic rings. The van der Waals surface area contributed by atoms with Gasteiger partial charge in [0.15, 0.2) is 0 Å². The van der Waals surface area contributed by atoms with E-state index in [-0.39, 0.29) is 38.4 Å². The first-order valence-corrected chi connectivity index (χ1v) is 12.8. The number of aliphatic hydroxyl groups is 3. The van der Waals surface area contributed by atoms with Gasteiger partial charge in [-0.2, -0.15) is 0 Å². The van der Waals surface area contributed by atoms with Crippen LogP contribution >= 0.6 is 0 Å². The Balaban J connectivity index is 0.000000293. The van der Waals surface area contributed by atoms with Gasteiger partial charge in [-0.05, 0) is 66.5 Å². The topological polar surface area (TPSA) is 146 Å². The Labute approximate surface area is 224 Å². The molecule has 11 heteroatoms. The monoisotopic (exact) mass is 538 g/mol. The standard InChI is InChI=1S/C17H23NO5.C10H19NO4/c1-17(2,3)23-16(21)18-10-14(19)9-13(18)11-22-15(20)12-7-5-4-6-8-12;1-10(2,3)15-9(14)11-5-8(13)4-7(11)6-12/h4-8,13-14,19H,9-11H2,1-3H3;7-8,12-13H,4-6H2,1-3H3/t13-,14-;7-,8-/m11/s1. The molecule has 2 saturated heterocycles. The van der Waals surface area contributed by atoms with Gasteiger partial charge >= 0.3 is 18.2 Å². The van der Waals surface area contributed by atoms with Gasteiger partial charge in [0, 0.05) is 0 Å². The normalized spacial score (nSPS) is 23.4. The summed E-state index contributed by atoms with van der Waals surface area (Å²) >= 11 is 0. The number of β-amino-alcohol motifs (C(OH)–C–C–N with tert-alkyl or cyclic N) is 2. The van der Waals surface area contributed by atoms with Crippen LogP contribution in [0.25, 0.3) is 0 Å². The van der Waals surface area contributed by atoms with Crippen LogP contribution in [-0.2, 0) is 14.2 Å². The molecule has 2 aliphatic rings. The van der Waals surface area contributed by atoms with Crippen molar-refractivity contribution in [2.75, 3.05) is 26.3 Å². The van der Waals surface area contributed by atoms with Crippen LogP contribution in [0.15, 0.2) is 30.3 Å². The van der Waals surface area contributed by atoms with Crippen LogP contribution < -0.4 is 0 Å². The highest BCUT2D eigenvalue weighted by atomic mass is 16.6. The lowest BCUT2D eigenvalue weighted by Crippen LogP contribution is -2.42. The lowest BCUT2D eigenvalue weighted by Gasteiger charge is -2.28. The molecule has 0 aliphatic carbocycles. The second kappa shape index (κ2) is 13.3. The second-order valence-electron chi connectivity index (χ2n) is 11.5. The van der Waals surface area contributed by atoms with Gasteiger partial charge in [-0.1, -0.05) is 18.2 Å². The molecule has 38 heavy (non-hydrogen) atoms. The quantitative estimate of drug-likeness (QED) is 0.389. The van der Waals surface area contributed by atoms with E-state index < -0.39 is 41.6 Å². The molecule has 3 N–H and O–H groups in total. The van der Waals surface area contributed by atoms with Gasteiger partial charge in [-0.25, -0.2) is 14.4 Å². The van der Waals surface area contributed by atoms with Crippen LogP contribution in [0.2, 0.25) is 0 Å². The fourth-order valence-corrected chi connectivity index (χ4v) is 4.03. The average molecular weight is 539 g/mol. The highest BCUT2D eigenvalue weighted by Crippen LogP contribution is 2.22. The maximum Gasteiger partial charge on any atom is 0.410 e. The molecule has 11 nitrogen and oxygen atoms in total. The van der Waals surface area contributed by atoms with Gasteiger partial charge in [0.05, 0.1) is 49.6 Å². The number of carbonyl (C=O) groups is 3. The molecule has 2 amide bonds. The molecule has 214 valence electrons. The lowest BCUT2D eigenvalue weighted by molar-refractivity contribution is 0.00987. The van der Waals surface area contributed by atoms with E-state index in [0.29, 0.717) is 18.4 Å². The van der Waals surface area contributed by atoms with E-state index in [0.717, 1.165) is 0 Å². The Morgan fingerprint density at radius 1 is 0.816 bits per heavy atom. The van der Waals surface area contributed by atoms with Crippen LogP contribution in [-0.4, -0.2) is 105 Å². The van der Waals surface area contributed by atoms with Crippen molar-refractivity contribution in [2.24, 2.45) is 0 Å². The Kier molecular flexibility index (Phi) is 10.9. The number of esters is 1. The van der Waals surface area contributed by atoms with Crippen molar-refractivity contribution in [2.45, 2.75) is 89.9 Å². The van der Waals surface area contributed by atoms with Gasteiger partial charge in [-0.3, -0.25) is 4.90 Å². The molecule has 0 saturated carbocycles. The zero-order valence-electron chi connectivity index (χ0n) is 23.1. The Bertz CT molecular complexity index is 927. The van der Waals surface area contributed by atoms with Gasteiger partial charge in [0.2, 0.25) is 0 Å². The molecule has 2 heterocycles. The van der Waals surface area contributed by atoms with E-state index in [1.54, 1.807) is 65.8 Å². The first-order chi connectivity index (χ1) is 17.6. The van der Waals surface area contributed by atoms with Gasteiger partial charge < -0.3 is 34.4 Å². The summed E-state index contributed by atoms with van der Waals surface area (Å²) < 4.78 is 15.8. The molecule has 2 aliphatic heterocycles. The lowest BCUT2D eigenvalue weighted by atomic mass is 10.2. The molecule has 0 bridgehead atoms.